The Bertz CT molecular complexity index is 644. The van der Waals surface area contributed by atoms with E-state index in [9.17, 15) is 9.59 Å². The van der Waals surface area contributed by atoms with Crippen LogP contribution in [0.5, 0.6) is 0 Å². The lowest BCUT2D eigenvalue weighted by Crippen LogP contribution is -2.60. The molecule has 0 aromatic rings. The first-order valence-electron chi connectivity index (χ1n) is 12.3. The molecule has 2 aliphatic heterocycles. The molecule has 0 aromatic heterocycles. The molecule has 4 fully saturated rings. The molecule has 2 heterocycles. The lowest BCUT2D eigenvalue weighted by atomic mass is 9.65. The minimum absolute atomic E-state index is 0.0672. The Hall–Kier alpha value is -0.810. The van der Waals surface area contributed by atoms with E-state index in [2.05, 4.69) is 29.4 Å². The molecule has 6 heteroatoms. The molecule has 0 radical (unpaired) electrons. The number of alkyl halides is 1. The second-order valence-corrected chi connectivity index (χ2v) is 11.4. The van der Waals surface area contributed by atoms with Gasteiger partial charge in [-0.15, -0.1) is 11.6 Å². The first-order chi connectivity index (χ1) is 14.3. The summed E-state index contributed by atoms with van der Waals surface area (Å²) in [5.41, 5.74) is 0. The van der Waals surface area contributed by atoms with Crippen molar-refractivity contribution < 1.29 is 9.59 Å². The molecule has 5 nitrogen and oxygen atoms in total. The maximum absolute atomic E-state index is 13.3. The Morgan fingerprint density at radius 2 is 1.90 bits per heavy atom. The largest absolute Gasteiger partial charge is 0.353 e. The van der Waals surface area contributed by atoms with Crippen LogP contribution in [0.3, 0.4) is 0 Å². The number of nitrogens with one attached hydrogen (secondary N) is 2. The molecule has 4 aliphatic rings. The van der Waals surface area contributed by atoms with Crippen LogP contribution in [0.4, 0.5) is 0 Å². The van der Waals surface area contributed by atoms with Crippen LogP contribution < -0.4 is 10.6 Å². The average molecular weight is 438 g/mol. The molecule has 4 rings (SSSR count). The van der Waals surface area contributed by atoms with E-state index in [1.807, 2.05) is 7.05 Å². The van der Waals surface area contributed by atoms with Gasteiger partial charge < -0.3 is 15.5 Å². The van der Waals surface area contributed by atoms with Crippen molar-refractivity contribution in [3.05, 3.63) is 0 Å². The van der Waals surface area contributed by atoms with Gasteiger partial charge in [0.05, 0.1) is 0 Å². The van der Waals surface area contributed by atoms with Crippen molar-refractivity contribution in [3.8, 4) is 0 Å². The third-order valence-electron chi connectivity index (χ3n) is 8.69. The summed E-state index contributed by atoms with van der Waals surface area (Å²) in [6.07, 6.45) is 8.97. The summed E-state index contributed by atoms with van der Waals surface area (Å²) in [7, 11) is 2.02. The van der Waals surface area contributed by atoms with E-state index in [1.165, 1.54) is 0 Å². The number of carbonyl (C=O) groups excluding carboxylic acids is 2. The third-order valence-corrected chi connectivity index (χ3v) is 9.09. The Morgan fingerprint density at radius 1 is 1.10 bits per heavy atom. The van der Waals surface area contributed by atoms with Gasteiger partial charge in [-0.05, 0) is 76.0 Å². The maximum Gasteiger partial charge on any atom is 0.225 e. The first-order valence-corrected chi connectivity index (χ1v) is 12.7. The monoisotopic (exact) mass is 437 g/mol. The molecule has 9 atom stereocenters. The summed E-state index contributed by atoms with van der Waals surface area (Å²) in [4.78, 5) is 28.3. The quantitative estimate of drug-likeness (QED) is 0.663. The first kappa shape index (κ1) is 22.4. The van der Waals surface area contributed by atoms with E-state index >= 15 is 0 Å². The number of carbonyl (C=O) groups is 2. The minimum Gasteiger partial charge on any atom is -0.353 e. The number of halogens is 1. The molecule has 2 N–H and O–H groups in total. The molecule has 2 amide bonds. The zero-order valence-electron chi connectivity index (χ0n) is 18.9. The van der Waals surface area contributed by atoms with Crippen LogP contribution >= 0.6 is 11.6 Å². The van der Waals surface area contributed by atoms with Crippen molar-refractivity contribution in [1.29, 1.82) is 0 Å². The van der Waals surface area contributed by atoms with Crippen LogP contribution in [0.1, 0.15) is 71.6 Å². The van der Waals surface area contributed by atoms with Gasteiger partial charge in [0.25, 0.3) is 0 Å². The maximum atomic E-state index is 13.3. The van der Waals surface area contributed by atoms with Crippen LogP contribution in [-0.2, 0) is 9.59 Å². The zero-order chi connectivity index (χ0) is 21.4. The summed E-state index contributed by atoms with van der Waals surface area (Å²) < 4.78 is 0. The van der Waals surface area contributed by atoms with Crippen LogP contribution in [0.25, 0.3) is 0 Å². The van der Waals surface area contributed by atoms with Gasteiger partial charge in [-0.3, -0.25) is 9.59 Å². The highest BCUT2D eigenvalue weighted by molar-refractivity contribution is 6.20. The van der Waals surface area contributed by atoms with E-state index in [4.69, 9.17) is 11.6 Å². The fraction of sp³-hybridized carbons (Fsp3) is 0.917. The van der Waals surface area contributed by atoms with E-state index in [-0.39, 0.29) is 29.2 Å². The number of rotatable bonds is 3. The molecule has 30 heavy (non-hydrogen) atoms. The molecule has 2 saturated heterocycles. The molecule has 0 aromatic carbocycles. The topological polar surface area (TPSA) is 61.4 Å². The average Bonchev–Trinajstić information content (AvgIpc) is 2.72. The van der Waals surface area contributed by atoms with Crippen molar-refractivity contribution >= 4 is 23.4 Å². The summed E-state index contributed by atoms with van der Waals surface area (Å²) in [5, 5.41) is 7.11. The molecule has 2 aliphatic carbocycles. The van der Waals surface area contributed by atoms with Gasteiger partial charge in [-0.25, -0.2) is 0 Å². The highest BCUT2D eigenvalue weighted by Gasteiger charge is 2.47. The third kappa shape index (κ3) is 4.67. The molecule has 9 unspecified atom stereocenters. The number of amides is 2. The summed E-state index contributed by atoms with van der Waals surface area (Å²) in [6, 6.07) is 1.07. The van der Waals surface area contributed by atoms with Crippen molar-refractivity contribution in [2.45, 2.75) is 95.1 Å². The highest BCUT2D eigenvalue weighted by Crippen LogP contribution is 2.43. The van der Waals surface area contributed by atoms with E-state index in [0.717, 1.165) is 64.3 Å². The predicted molar refractivity (Wildman–Crippen MR) is 120 cm³/mol. The number of hydrogen-bond donors (Lipinski definition) is 2. The lowest BCUT2D eigenvalue weighted by molar-refractivity contribution is -0.148. The number of likely N-dealkylation sites (tertiary alicyclic amines) is 1. The van der Waals surface area contributed by atoms with E-state index in [0.29, 0.717) is 35.7 Å². The number of piperidine rings is 2. The van der Waals surface area contributed by atoms with Crippen LogP contribution in [-0.4, -0.2) is 53.8 Å². The normalized spacial score (nSPS) is 45.0. The van der Waals surface area contributed by atoms with E-state index < -0.39 is 0 Å². The Morgan fingerprint density at radius 3 is 2.67 bits per heavy atom. The van der Waals surface area contributed by atoms with Crippen molar-refractivity contribution in [2.24, 2.45) is 29.6 Å². The smallest absolute Gasteiger partial charge is 0.225 e. The van der Waals surface area contributed by atoms with Crippen LogP contribution in [0, 0.1) is 29.6 Å². The molecule has 0 spiro atoms. The Kier molecular flexibility index (Phi) is 6.98. The second-order valence-electron chi connectivity index (χ2n) is 10.8. The fourth-order valence-electron chi connectivity index (χ4n) is 6.79. The number of nitrogens with zero attached hydrogens (tertiary/aromatic N) is 1. The number of hydrogen-bond acceptors (Lipinski definition) is 3. The fourth-order valence-corrected chi connectivity index (χ4v) is 7.16. The van der Waals surface area contributed by atoms with Gasteiger partial charge in [0, 0.05) is 48.9 Å². The summed E-state index contributed by atoms with van der Waals surface area (Å²) in [6.45, 7) is 5.54. The molecular weight excluding hydrogens is 398 g/mol. The van der Waals surface area contributed by atoms with Gasteiger partial charge in [-0.1, -0.05) is 13.3 Å². The molecule has 170 valence electrons. The zero-order valence-corrected chi connectivity index (χ0v) is 19.7. The van der Waals surface area contributed by atoms with Crippen LogP contribution in [0.15, 0.2) is 0 Å². The van der Waals surface area contributed by atoms with Gasteiger partial charge in [-0.2, -0.15) is 0 Å². The Balaban J connectivity index is 1.39. The SMILES string of the molecule is CC1CC2C(CN1)CC(C1CC(NC(=O)C3CCCC(Cl)C3)CCC1C)C(=O)N2C. The second kappa shape index (κ2) is 9.36. The highest BCUT2D eigenvalue weighted by atomic mass is 35.5. The lowest BCUT2D eigenvalue weighted by Gasteiger charge is -2.50. The molecule has 0 bridgehead atoms. The van der Waals surface area contributed by atoms with Gasteiger partial charge >= 0.3 is 0 Å². The number of fused-ring (bicyclic) bond motifs is 1. The van der Waals surface area contributed by atoms with Crippen LogP contribution in [0.2, 0.25) is 0 Å². The molecule has 2 saturated carbocycles. The van der Waals surface area contributed by atoms with Crippen molar-refractivity contribution in [2.75, 3.05) is 13.6 Å². The summed E-state index contributed by atoms with van der Waals surface area (Å²) in [5.74, 6) is 2.16. The van der Waals surface area contributed by atoms with E-state index in [1.54, 1.807) is 0 Å². The van der Waals surface area contributed by atoms with Gasteiger partial charge in [0.1, 0.15) is 0 Å². The minimum atomic E-state index is 0.0672. The van der Waals surface area contributed by atoms with Crippen molar-refractivity contribution in [3.63, 3.8) is 0 Å². The standard InChI is InChI=1S/C24H40ClN3O2/c1-14-7-8-19(27-23(29)16-5-4-6-18(25)10-16)12-20(14)21-11-17-13-26-15(2)9-22(17)28(3)24(21)30/h14-22,26H,4-13H2,1-3H3,(H,27,29). The molecular formula is C24H40ClN3O2. The van der Waals surface area contributed by atoms with Gasteiger partial charge in [0.2, 0.25) is 11.8 Å². The van der Waals surface area contributed by atoms with Crippen molar-refractivity contribution in [1.82, 2.24) is 15.5 Å². The Labute approximate surface area is 187 Å². The van der Waals surface area contributed by atoms with Gasteiger partial charge in [0.15, 0.2) is 0 Å². The predicted octanol–water partition coefficient (Wildman–Crippen LogP) is 3.55. The summed E-state index contributed by atoms with van der Waals surface area (Å²) >= 11 is 6.31.